The van der Waals surface area contributed by atoms with Gasteiger partial charge in [-0.15, -0.1) is 0 Å². The van der Waals surface area contributed by atoms with E-state index in [9.17, 15) is 0 Å². The predicted molar refractivity (Wildman–Crippen MR) is 224 cm³/mol. The summed E-state index contributed by atoms with van der Waals surface area (Å²) in [5, 5.41) is 8.71. The van der Waals surface area contributed by atoms with Crippen LogP contribution in [0, 0.1) is 6.92 Å². The minimum absolute atomic E-state index is 0.887. The quantitative estimate of drug-likeness (QED) is 0.166. The summed E-state index contributed by atoms with van der Waals surface area (Å²) in [5.41, 5.74) is 16.0. The maximum absolute atomic E-state index is 6.66. The van der Waals surface area contributed by atoms with Gasteiger partial charge in [0.2, 0.25) is 0 Å². The molecule has 0 saturated heterocycles. The number of hydrogen-bond donors (Lipinski definition) is 0. The van der Waals surface area contributed by atoms with Gasteiger partial charge in [0, 0.05) is 10.9 Å². The van der Waals surface area contributed by atoms with Gasteiger partial charge >= 0.3 is 0 Å². The SMILES string of the molecule is Cc1ccc(-c2cc(C3=Cc4ccccc4C3)c3ccc4c(-c5cccc(-c6ccccc6)c5)cc(-c5cc6ccccc6o5)c5ccc2c3c45)cc1. The summed E-state index contributed by atoms with van der Waals surface area (Å²) in [6, 6.07) is 62.3. The highest BCUT2D eigenvalue weighted by atomic mass is 16.3. The number of allylic oxidation sites excluding steroid dienone is 1. The zero-order valence-corrected chi connectivity index (χ0v) is 29.4. The van der Waals surface area contributed by atoms with Crippen LogP contribution in [0.25, 0.3) is 99.6 Å². The van der Waals surface area contributed by atoms with E-state index in [1.54, 1.807) is 0 Å². The van der Waals surface area contributed by atoms with Gasteiger partial charge in [0.25, 0.3) is 0 Å². The lowest BCUT2D eigenvalue weighted by Gasteiger charge is -2.21. The van der Waals surface area contributed by atoms with Crippen molar-refractivity contribution in [2.75, 3.05) is 0 Å². The van der Waals surface area contributed by atoms with Crippen molar-refractivity contribution in [1.82, 2.24) is 0 Å². The second kappa shape index (κ2) is 11.7. The normalized spacial score (nSPS) is 12.7. The molecule has 0 aliphatic heterocycles. The number of rotatable bonds is 5. The van der Waals surface area contributed by atoms with E-state index in [1.165, 1.54) is 93.5 Å². The first-order chi connectivity index (χ1) is 26.2. The molecule has 53 heavy (non-hydrogen) atoms. The van der Waals surface area contributed by atoms with E-state index in [0.29, 0.717) is 0 Å². The molecule has 1 nitrogen and oxygen atoms in total. The van der Waals surface area contributed by atoms with E-state index in [4.69, 9.17) is 4.42 Å². The fourth-order valence-electron chi connectivity index (χ4n) is 8.74. The van der Waals surface area contributed by atoms with Crippen LogP contribution in [0.5, 0.6) is 0 Å². The lowest BCUT2D eigenvalue weighted by molar-refractivity contribution is 0.632. The highest BCUT2D eigenvalue weighted by Gasteiger charge is 2.24. The molecule has 0 bridgehead atoms. The third-order valence-electron chi connectivity index (χ3n) is 11.3. The van der Waals surface area contributed by atoms with E-state index < -0.39 is 0 Å². The topological polar surface area (TPSA) is 13.1 Å². The zero-order valence-electron chi connectivity index (χ0n) is 29.4. The molecule has 0 unspecified atom stereocenters. The number of hydrogen-bond acceptors (Lipinski definition) is 1. The van der Waals surface area contributed by atoms with Crippen LogP contribution in [0.4, 0.5) is 0 Å². The van der Waals surface area contributed by atoms with Crippen LogP contribution in [0.3, 0.4) is 0 Å². The standard InChI is InChI=1S/C52H34O/c1-32-18-20-34(21-19-32)45-30-47(40-27-36-12-5-6-13-37(36)28-40)43-23-22-42-46(38-16-9-15-35(26-38)33-10-3-2-4-11-33)31-48(44-25-24-41(45)51(43)52(42)44)50-29-39-14-7-8-17-49(39)53-50/h2-27,29-31H,28H2,1H3. The van der Waals surface area contributed by atoms with Gasteiger partial charge in [-0.05, 0) is 132 Å². The molecule has 1 aliphatic carbocycles. The number of aryl methyl sites for hydroxylation is 1. The minimum atomic E-state index is 0.887. The van der Waals surface area contributed by atoms with E-state index in [-0.39, 0.29) is 0 Å². The van der Waals surface area contributed by atoms with Gasteiger partial charge in [0.05, 0.1) is 0 Å². The predicted octanol–water partition coefficient (Wildman–Crippen LogP) is 14.4. The molecule has 9 aromatic carbocycles. The van der Waals surface area contributed by atoms with Crippen LogP contribution in [0.2, 0.25) is 0 Å². The Morgan fingerprint density at radius 2 is 1.06 bits per heavy atom. The molecule has 0 N–H and O–H groups in total. The Morgan fingerprint density at radius 1 is 0.434 bits per heavy atom. The summed E-state index contributed by atoms with van der Waals surface area (Å²) in [6.45, 7) is 2.16. The van der Waals surface area contributed by atoms with Crippen molar-refractivity contribution >= 4 is 54.9 Å². The Balaban J connectivity index is 1.26. The molecular weight excluding hydrogens is 641 g/mol. The van der Waals surface area contributed by atoms with E-state index in [0.717, 1.165) is 28.7 Å². The lowest BCUT2D eigenvalue weighted by atomic mass is 9.82. The molecule has 10 aromatic rings. The minimum Gasteiger partial charge on any atom is -0.456 e. The molecule has 11 rings (SSSR count). The van der Waals surface area contributed by atoms with Crippen molar-refractivity contribution in [3.05, 3.63) is 192 Å². The first-order valence-corrected chi connectivity index (χ1v) is 18.5. The van der Waals surface area contributed by atoms with Gasteiger partial charge in [-0.1, -0.05) is 151 Å². The second-order valence-corrected chi connectivity index (χ2v) is 14.5. The largest absolute Gasteiger partial charge is 0.456 e. The van der Waals surface area contributed by atoms with Gasteiger partial charge in [0.15, 0.2) is 0 Å². The Bertz CT molecular complexity index is 3030. The number of furan rings is 1. The average molecular weight is 675 g/mol. The molecular formula is C52H34O. The molecule has 1 aliphatic rings. The third-order valence-corrected chi connectivity index (χ3v) is 11.3. The zero-order chi connectivity index (χ0) is 35.0. The number of para-hydroxylation sites is 1. The maximum Gasteiger partial charge on any atom is 0.136 e. The first-order valence-electron chi connectivity index (χ1n) is 18.5. The van der Waals surface area contributed by atoms with Crippen LogP contribution in [0.1, 0.15) is 22.3 Å². The molecule has 0 fully saturated rings. The molecule has 0 spiro atoms. The van der Waals surface area contributed by atoms with E-state index in [2.05, 4.69) is 177 Å². The van der Waals surface area contributed by atoms with Crippen molar-refractivity contribution < 1.29 is 4.42 Å². The van der Waals surface area contributed by atoms with Gasteiger partial charge in [0.1, 0.15) is 11.3 Å². The number of fused-ring (bicyclic) bond motifs is 2. The summed E-state index contributed by atoms with van der Waals surface area (Å²) in [4.78, 5) is 0. The van der Waals surface area contributed by atoms with E-state index >= 15 is 0 Å². The summed E-state index contributed by atoms with van der Waals surface area (Å²) in [7, 11) is 0. The van der Waals surface area contributed by atoms with Crippen LogP contribution in [0.15, 0.2) is 174 Å². The smallest absolute Gasteiger partial charge is 0.136 e. The summed E-state index contributed by atoms with van der Waals surface area (Å²) < 4.78 is 6.66. The lowest BCUT2D eigenvalue weighted by Crippen LogP contribution is -1.96. The van der Waals surface area contributed by atoms with Crippen molar-refractivity contribution in [2.24, 2.45) is 0 Å². The molecule has 0 atom stereocenters. The molecule has 248 valence electrons. The molecule has 1 heteroatoms. The third kappa shape index (κ3) is 4.78. The summed E-state index contributed by atoms with van der Waals surface area (Å²) >= 11 is 0. The van der Waals surface area contributed by atoms with Crippen molar-refractivity contribution in [2.45, 2.75) is 13.3 Å². The molecule has 1 aromatic heterocycles. The van der Waals surface area contributed by atoms with Gasteiger partial charge in [-0.2, -0.15) is 0 Å². The van der Waals surface area contributed by atoms with Gasteiger partial charge in [-0.25, -0.2) is 0 Å². The highest BCUT2D eigenvalue weighted by Crippen LogP contribution is 2.49. The number of benzene rings is 9. The van der Waals surface area contributed by atoms with Crippen molar-refractivity contribution in [3.63, 3.8) is 0 Å². The van der Waals surface area contributed by atoms with Gasteiger partial charge < -0.3 is 4.42 Å². The van der Waals surface area contributed by atoms with Crippen LogP contribution < -0.4 is 0 Å². The Labute approximate surface area is 308 Å². The van der Waals surface area contributed by atoms with E-state index in [1.807, 2.05) is 6.07 Å². The Morgan fingerprint density at radius 3 is 1.83 bits per heavy atom. The van der Waals surface area contributed by atoms with Crippen molar-refractivity contribution in [3.8, 4) is 44.7 Å². The molecule has 0 saturated carbocycles. The highest BCUT2D eigenvalue weighted by molar-refractivity contribution is 6.31. The van der Waals surface area contributed by atoms with Crippen LogP contribution in [-0.4, -0.2) is 0 Å². The molecule has 1 heterocycles. The van der Waals surface area contributed by atoms with Crippen LogP contribution in [-0.2, 0) is 6.42 Å². The summed E-state index contributed by atoms with van der Waals surface area (Å²) in [6.07, 6.45) is 3.33. The molecule has 0 radical (unpaired) electrons. The second-order valence-electron chi connectivity index (χ2n) is 14.5. The monoisotopic (exact) mass is 674 g/mol. The van der Waals surface area contributed by atoms with Crippen molar-refractivity contribution in [1.29, 1.82) is 0 Å². The summed E-state index contributed by atoms with van der Waals surface area (Å²) in [5.74, 6) is 0.887. The average Bonchev–Trinajstić information content (AvgIpc) is 3.85. The Hall–Kier alpha value is -6.70. The Kier molecular flexibility index (Phi) is 6.60. The fourth-order valence-corrected chi connectivity index (χ4v) is 8.74. The van der Waals surface area contributed by atoms with Gasteiger partial charge in [-0.3, -0.25) is 0 Å². The molecule has 0 amide bonds. The fraction of sp³-hybridized carbons (Fsp3) is 0.0385. The maximum atomic E-state index is 6.66. The first kappa shape index (κ1) is 30.0. The van der Waals surface area contributed by atoms with Crippen LogP contribution >= 0.6 is 0 Å².